The molecule has 202 valence electrons. The van der Waals surface area contributed by atoms with E-state index in [9.17, 15) is 4.79 Å². The lowest BCUT2D eigenvalue weighted by Crippen LogP contribution is -2.31. The molecule has 2 N–H and O–H groups in total. The van der Waals surface area contributed by atoms with E-state index in [0.717, 1.165) is 23.2 Å². The van der Waals surface area contributed by atoms with Gasteiger partial charge in [0.25, 0.3) is 0 Å². The first kappa shape index (κ1) is 29.0. The molecular weight excluding hydrogens is 529 g/mol. The molecule has 0 radical (unpaired) electrons. The topological polar surface area (TPSA) is 97.3 Å². The minimum absolute atomic E-state index is 0.249. The number of aldehydes is 1. The summed E-state index contributed by atoms with van der Waals surface area (Å²) in [7, 11) is 8.26. The number of hydrogen-bond donors (Lipinski definition) is 2. The molecule has 2 aromatic carbocycles. The molecule has 0 aliphatic heterocycles. The average Bonchev–Trinajstić information content (AvgIpc) is 2.92. The van der Waals surface area contributed by atoms with E-state index < -0.39 is 0 Å². The number of benzene rings is 2. The lowest BCUT2D eigenvalue weighted by atomic mass is 10.1. The number of halogens is 2. The number of methoxy groups -OCH3 is 3. The van der Waals surface area contributed by atoms with Crippen LogP contribution < -0.4 is 20.1 Å². The van der Waals surface area contributed by atoms with E-state index in [0.29, 0.717) is 53.1 Å². The van der Waals surface area contributed by atoms with Crippen LogP contribution in [0.4, 0.5) is 22.9 Å². The van der Waals surface area contributed by atoms with Crippen molar-refractivity contribution in [3.05, 3.63) is 63.3 Å². The summed E-state index contributed by atoms with van der Waals surface area (Å²) in [6, 6.07) is 9.14. The van der Waals surface area contributed by atoms with Crippen LogP contribution in [0.3, 0.4) is 0 Å². The van der Waals surface area contributed by atoms with Gasteiger partial charge < -0.3 is 29.7 Å². The summed E-state index contributed by atoms with van der Waals surface area (Å²) in [4.78, 5) is 23.3. The number of amidine groups is 1. The second-order valence-electron chi connectivity index (χ2n) is 8.25. The molecule has 0 amide bonds. The Morgan fingerprint density at radius 2 is 1.82 bits per heavy atom. The Kier molecular flexibility index (Phi) is 10.2. The number of para-hydroxylation sites is 1. The molecule has 1 heterocycles. The van der Waals surface area contributed by atoms with Crippen molar-refractivity contribution < 1.29 is 19.0 Å². The predicted octanol–water partition coefficient (Wildman–Crippen LogP) is 5.97. The number of carbonyl (C=O) groups excluding carboxylic acids is 1. The van der Waals surface area contributed by atoms with Crippen LogP contribution in [0, 0.1) is 6.92 Å². The lowest BCUT2D eigenvalue weighted by molar-refractivity contribution is 0.112. The predicted molar refractivity (Wildman–Crippen MR) is 154 cm³/mol. The number of pyridine rings is 1. The number of anilines is 3. The molecule has 3 rings (SSSR count). The Hall–Kier alpha value is -3.53. The highest BCUT2D eigenvalue weighted by atomic mass is 35.5. The van der Waals surface area contributed by atoms with Gasteiger partial charge in [-0.2, -0.15) is 0 Å². The van der Waals surface area contributed by atoms with E-state index in [-0.39, 0.29) is 10.0 Å². The van der Waals surface area contributed by atoms with E-state index >= 15 is 0 Å². The molecule has 0 saturated heterocycles. The standard InChI is InChI=1S/C27H31Cl2N5O4/c1-16-8-7-9-18(30-2)26(16)33-22-12-17(15-35)19(14-31-22)32-27(34(3)10-11-36-4)23-24(28)20(37-5)13-21(38-6)25(23)29/h7-9,12-15,30H,10-11H2,1-6H3,(H,31,33). The first-order chi connectivity index (χ1) is 18.3. The van der Waals surface area contributed by atoms with Crippen LogP contribution in [0.25, 0.3) is 0 Å². The molecule has 0 fully saturated rings. The molecule has 11 heteroatoms. The molecular formula is C27H31Cl2N5O4. The normalized spacial score (nSPS) is 11.2. The van der Waals surface area contributed by atoms with Crippen LogP contribution in [-0.2, 0) is 4.74 Å². The molecule has 9 nitrogen and oxygen atoms in total. The summed E-state index contributed by atoms with van der Waals surface area (Å²) in [6.07, 6.45) is 2.25. The second-order valence-corrected chi connectivity index (χ2v) is 9.01. The molecule has 0 spiro atoms. The zero-order valence-corrected chi connectivity index (χ0v) is 23.7. The van der Waals surface area contributed by atoms with Crippen molar-refractivity contribution >= 4 is 58.2 Å². The van der Waals surface area contributed by atoms with Crippen LogP contribution in [-0.4, -0.2) is 70.6 Å². The number of nitrogens with one attached hydrogen (secondary N) is 2. The van der Waals surface area contributed by atoms with Gasteiger partial charge in [0.05, 0.1) is 59.7 Å². The molecule has 1 aromatic heterocycles. The number of aromatic nitrogens is 1. The molecule has 0 atom stereocenters. The van der Waals surface area contributed by atoms with Crippen LogP contribution >= 0.6 is 23.2 Å². The summed E-state index contributed by atoms with van der Waals surface area (Å²) < 4.78 is 16.1. The highest BCUT2D eigenvalue weighted by Crippen LogP contribution is 2.41. The van der Waals surface area contributed by atoms with Crippen LogP contribution in [0.2, 0.25) is 10.0 Å². The Morgan fingerprint density at radius 1 is 1.13 bits per heavy atom. The maximum absolute atomic E-state index is 12.2. The minimum Gasteiger partial charge on any atom is -0.495 e. The Bertz CT molecular complexity index is 1310. The quantitative estimate of drug-likeness (QED) is 0.168. The largest absolute Gasteiger partial charge is 0.495 e. The highest BCUT2D eigenvalue weighted by molar-refractivity contribution is 6.42. The van der Waals surface area contributed by atoms with E-state index in [1.807, 2.05) is 44.1 Å². The summed E-state index contributed by atoms with van der Waals surface area (Å²) in [6.45, 7) is 2.86. The van der Waals surface area contributed by atoms with Crippen LogP contribution in [0.5, 0.6) is 11.5 Å². The monoisotopic (exact) mass is 559 g/mol. The van der Waals surface area contributed by atoms with Gasteiger partial charge in [-0.15, -0.1) is 0 Å². The first-order valence-corrected chi connectivity index (χ1v) is 12.4. The Labute approximate surface area is 232 Å². The third kappa shape index (κ3) is 6.30. The first-order valence-electron chi connectivity index (χ1n) is 11.7. The number of nitrogens with zero attached hydrogens (tertiary/aromatic N) is 3. The fourth-order valence-corrected chi connectivity index (χ4v) is 4.42. The number of aliphatic imine (C=N–C) groups is 1. The fraction of sp³-hybridized carbons (Fsp3) is 0.296. The van der Waals surface area contributed by atoms with Gasteiger partial charge in [0.2, 0.25) is 0 Å². The van der Waals surface area contributed by atoms with Gasteiger partial charge in [0.1, 0.15) is 23.2 Å². The van der Waals surface area contributed by atoms with Gasteiger partial charge in [-0.3, -0.25) is 4.79 Å². The Balaban J connectivity index is 2.16. The molecule has 38 heavy (non-hydrogen) atoms. The number of carbonyl (C=O) groups is 1. The zero-order valence-electron chi connectivity index (χ0n) is 22.2. The van der Waals surface area contributed by atoms with Gasteiger partial charge >= 0.3 is 0 Å². The molecule has 0 aliphatic carbocycles. The number of rotatable bonds is 11. The van der Waals surface area contributed by atoms with Crippen molar-refractivity contribution in [1.82, 2.24) is 9.88 Å². The smallest absolute Gasteiger partial charge is 0.152 e. The number of aryl methyl sites for hydroxylation is 1. The van der Waals surface area contributed by atoms with E-state index in [4.69, 9.17) is 42.4 Å². The average molecular weight is 560 g/mol. The lowest BCUT2D eigenvalue weighted by Gasteiger charge is -2.24. The number of hydrogen-bond acceptors (Lipinski definition) is 8. The minimum atomic E-state index is 0.249. The summed E-state index contributed by atoms with van der Waals surface area (Å²) in [5.41, 5.74) is 3.82. The van der Waals surface area contributed by atoms with Crippen LogP contribution in [0.15, 0.2) is 41.5 Å². The Morgan fingerprint density at radius 3 is 2.39 bits per heavy atom. The van der Waals surface area contributed by atoms with Gasteiger partial charge in [0, 0.05) is 39.4 Å². The third-order valence-corrected chi connectivity index (χ3v) is 6.60. The van der Waals surface area contributed by atoms with Crippen molar-refractivity contribution in [1.29, 1.82) is 0 Å². The van der Waals surface area contributed by atoms with Gasteiger partial charge in [0.15, 0.2) is 6.29 Å². The van der Waals surface area contributed by atoms with Gasteiger partial charge in [-0.05, 0) is 24.6 Å². The fourth-order valence-electron chi connectivity index (χ4n) is 3.75. The van der Waals surface area contributed by atoms with Crippen LogP contribution in [0.1, 0.15) is 21.5 Å². The molecule has 0 aliphatic rings. The summed E-state index contributed by atoms with van der Waals surface area (Å²) in [5, 5.41) is 6.95. The van der Waals surface area contributed by atoms with Crippen molar-refractivity contribution in [2.24, 2.45) is 4.99 Å². The van der Waals surface area contributed by atoms with Crippen molar-refractivity contribution in [3.8, 4) is 11.5 Å². The molecule has 0 bridgehead atoms. The zero-order chi connectivity index (χ0) is 27.8. The van der Waals surface area contributed by atoms with E-state index in [1.165, 1.54) is 20.4 Å². The molecule has 0 unspecified atom stereocenters. The number of likely N-dealkylation sites (N-methyl/N-ethyl adjacent to an activating group) is 1. The summed E-state index contributed by atoms with van der Waals surface area (Å²) >= 11 is 13.4. The number of ether oxygens (including phenoxy) is 3. The highest BCUT2D eigenvalue weighted by Gasteiger charge is 2.24. The summed E-state index contributed by atoms with van der Waals surface area (Å²) in [5.74, 6) is 1.60. The second kappa shape index (κ2) is 13.3. The van der Waals surface area contributed by atoms with Crippen molar-refractivity contribution in [2.45, 2.75) is 6.92 Å². The van der Waals surface area contributed by atoms with Gasteiger partial charge in [-0.25, -0.2) is 9.98 Å². The van der Waals surface area contributed by atoms with Crippen molar-refractivity contribution in [3.63, 3.8) is 0 Å². The molecule has 3 aromatic rings. The van der Waals surface area contributed by atoms with E-state index in [1.54, 1.807) is 19.2 Å². The van der Waals surface area contributed by atoms with E-state index in [2.05, 4.69) is 15.6 Å². The maximum Gasteiger partial charge on any atom is 0.152 e. The third-order valence-electron chi connectivity index (χ3n) is 5.85. The maximum atomic E-state index is 12.2. The van der Waals surface area contributed by atoms with Gasteiger partial charge in [-0.1, -0.05) is 35.3 Å². The van der Waals surface area contributed by atoms with Crippen molar-refractivity contribution in [2.75, 3.05) is 59.2 Å². The molecule has 0 saturated carbocycles. The SMILES string of the molecule is CNc1cccc(C)c1Nc1cc(C=O)c(N=C(c2c(Cl)c(OC)cc(OC)c2Cl)N(C)CCOC)cn1.